The van der Waals surface area contributed by atoms with Gasteiger partial charge in [0.2, 0.25) is 11.9 Å². The van der Waals surface area contributed by atoms with Gasteiger partial charge in [0.1, 0.15) is 0 Å². The van der Waals surface area contributed by atoms with Gasteiger partial charge in [0.05, 0.1) is 6.54 Å². The smallest absolute Gasteiger partial charge is 0.248 e. The summed E-state index contributed by atoms with van der Waals surface area (Å²) < 4.78 is 1.80. The van der Waals surface area contributed by atoms with Gasteiger partial charge in [-0.05, 0) is 52.1 Å². The Balaban J connectivity index is 1.51. The molecule has 0 saturated carbocycles. The lowest BCUT2D eigenvalue weighted by Crippen LogP contribution is -2.29. The van der Waals surface area contributed by atoms with E-state index in [1.54, 1.807) is 16.8 Å². The minimum Gasteiger partial charge on any atom is -0.366 e. The summed E-state index contributed by atoms with van der Waals surface area (Å²) in [5.41, 5.74) is 9.60. The molecular weight excluding hydrogens is 328 g/mol. The summed E-state index contributed by atoms with van der Waals surface area (Å²) in [5.74, 6) is 0.348. The Morgan fingerprint density at radius 3 is 2.27 bits per heavy atom. The van der Waals surface area contributed by atoms with E-state index in [1.807, 2.05) is 12.1 Å². The van der Waals surface area contributed by atoms with Crippen molar-refractivity contribution in [1.29, 1.82) is 0 Å². The van der Waals surface area contributed by atoms with Crippen molar-refractivity contribution in [1.82, 2.24) is 20.2 Å². The number of tetrazole rings is 1. The number of primary amides is 1. The van der Waals surface area contributed by atoms with E-state index in [9.17, 15) is 4.79 Å². The molecule has 0 atom stereocenters. The standard InChI is InChI=1S/C19H20N6O/c20-18(26)17-7-5-14(6-8-17)13-25-19(21-22-23-25)24-11-9-15-3-1-2-4-16(15)10-12-24/h1-8H,9-13H2,(H2,20,26). The average molecular weight is 348 g/mol. The molecule has 0 unspecified atom stereocenters. The molecule has 0 spiro atoms. The van der Waals surface area contributed by atoms with E-state index in [0.29, 0.717) is 12.1 Å². The summed E-state index contributed by atoms with van der Waals surface area (Å²) in [6.45, 7) is 2.32. The topological polar surface area (TPSA) is 89.9 Å². The van der Waals surface area contributed by atoms with Crippen LogP contribution in [0.1, 0.15) is 27.0 Å². The lowest BCUT2D eigenvalue weighted by molar-refractivity contribution is 0.100. The third-order valence-corrected chi connectivity index (χ3v) is 4.79. The molecule has 0 radical (unpaired) electrons. The van der Waals surface area contributed by atoms with Gasteiger partial charge in [0, 0.05) is 18.7 Å². The van der Waals surface area contributed by atoms with E-state index >= 15 is 0 Å². The summed E-state index contributed by atoms with van der Waals surface area (Å²) in [5, 5.41) is 12.3. The molecule has 0 fully saturated rings. The number of benzene rings is 2. The van der Waals surface area contributed by atoms with Gasteiger partial charge in [-0.1, -0.05) is 41.5 Å². The maximum Gasteiger partial charge on any atom is 0.248 e. The number of nitrogens with two attached hydrogens (primary N) is 1. The van der Waals surface area contributed by atoms with Crippen molar-refractivity contribution in [2.75, 3.05) is 18.0 Å². The molecular formula is C19H20N6O. The third-order valence-electron chi connectivity index (χ3n) is 4.79. The summed E-state index contributed by atoms with van der Waals surface area (Å²) in [6, 6.07) is 15.8. The molecule has 0 bridgehead atoms. The molecule has 2 N–H and O–H groups in total. The van der Waals surface area contributed by atoms with E-state index in [2.05, 4.69) is 44.7 Å². The second kappa shape index (κ2) is 6.95. The molecule has 0 saturated heterocycles. The number of carbonyl (C=O) groups is 1. The molecule has 26 heavy (non-hydrogen) atoms. The zero-order valence-corrected chi connectivity index (χ0v) is 14.4. The maximum absolute atomic E-state index is 11.2. The number of amides is 1. The van der Waals surface area contributed by atoms with Crippen molar-refractivity contribution in [3.63, 3.8) is 0 Å². The number of hydrogen-bond acceptors (Lipinski definition) is 5. The summed E-state index contributed by atoms with van der Waals surface area (Å²) >= 11 is 0. The number of rotatable bonds is 4. The molecule has 2 aromatic carbocycles. The highest BCUT2D eigenvalue weighted by molar-refractivity contribution is 5.92. The molecule has 7 nitrogen and oxygen atoms in total. The van der Waals surface area contributed by atoms with Crippen LogP contribution in [0.5, 0.6) is 0 Å². The van der Waals surface area contributed by atoms with Gasteiger partial charge in [-0.2, -0.15) is 0 Å². The van der Waals surface area contributed by atoms with Gasteiger partial charge < -0.3 is 10.6 Å². The van der Waals surface area contributed by atoms with E-state index in [0.717, 1.165) is 37.4 Å². The van der Waals surface area contributed by atoms with Gasteiger partial charge in [-0.3, -0.25) is 4.79 Å². The Hall–Kier alpha value is -3.22. The molecule has 1 aliphatic heterocycles. The van der Waals surface area contributed by atoms with E-state index < -0.39 is 5.91 Å². The van der Waals surface area contributed by atoms with Crippen molar-refractivity contribution in [3.05, 3.63) is 70.8 Å². The van der Waals surface area contributed by atoms with Crippen LogP contribution in [-0.2, 0) is 19.4 Å². The first kappa shape index (κ1) is 16.3. The van der Waals surface area contributed by atoms with Crippen LogP contribution in [0.25, 0.3) is 0 Å². The minimum atomic E-state index is -0.427. The summed E-state index contributed by atoms with van der Waals surface area (Å²) in [6.07, 6.45) is 1.96. The predicted molar refractivity (Wildman–Crippen MR) is 97.9 cm³/mol. The van der Waals surface area contributed by atoms with Crippen molar-refractivity contribution in [2.45, 2.75) is 19.4 Å². The Labute approximate surface area is 151 Å². The molecule has 3 aromatic rings. The number of anilines is 1. The van der Waals surface area contributed by atoms with Crippen LogP contribution in [0, 0.1) is 0 Å². The number of carbonyl (C=O) groups excluding carboxylic acids is 1. The largest absolute Gasteiger partial charge is 0.366 e. The first-order chi connectivity index (χ1) is 12.7. The highest BCUT2D eigenvalue weighted by Gasteiger charge is 2.19. The maximum atomic E-state index is 11.2. The van der Waals surface area contributed by atoms with Crippen LogP contribution in [-0.4, -0.2) is 39.2 Å². The first-order valence-electron chi connectivity index (χ1n) is 8.67. The lowest BCUT2D eigenvalue weighted by atomic mass is 10.0. The number of hydrogen-bond donors (Lipinski definition) is 1. The van der Waals surface area contributed by atoms with E-state index in [-0.39, 0.29) is 0 Å². The van der Waals surface area contributed by atoms with Crippen LogP contribution >= 0.6 is 0 Å². The van der Waals surface area contributed by atoms with Gasteiger partial charge in [-0.15, -0.1) is 0 Å². The zero-order valence-electron chi connectivity index (χ0n) is 14.4. The Bertz CT molecular complexity index is 891. The van der Waals surface area contributed by atoms with Crippen molar-refractivity contribution in [2.24, 2.45) is 5.73 Å². The first-order valence-corrected chi connectivity index (χ1v) is 8.67. The number of nitrogens with zero attached hydrogens (tertiary/aromatic N) is 5. The van der Waals surface area contributed by atoms with Crippen LogP contribution in [0.3, 0.4) is 0 Å². The number of fused-ring (bicyclic) bond motifs is 1. The van der Waals surface area contributed by atoms with Gasteiger partial charge >= 0.3 is 0 Å². The fraction of sp³-hybridized carbons (Fsp3) is 0.263. The SMILES string of the molecule is NC(=O)c1ccc(Cn2nnnc2N2CCc3ccccc3CC2)cc1. The number of aromatic nitrogens is 4. The van der Waals surface area contributed by atoms with Gasteiger partial charge in [-0.25, -0.2) is 4.68 Å². The highest BCUT2D eigenvalue weighted by atomic mass is 16.1. The monoisotopic (exact) mass is 348 g/mol. The molecule has 2 heterocycles. The Morgan fingerprint density at radius 1 is 1.00 bits per heavy atom. The minimum absolute atomic E-state index is 0.427. The fourth-order valence-corrected chi connectivity index (χ4v) is 3.34. The summed E-state index contributed by atoms with van der Waals surface area (Å²) in [7, 11) is 0. The van der Waals surface area contributed by atoms with Crippen LogP contribution in [0.4, 0.5) is 5.95 Å². The van der Waals surface area contributed by atoms with Gasteiger partial charge in [0.25, 0.3) is 0 Å². The van der Waals surface area contributed by atoms with Crippen LogP contribution < -0.4 is 10.6 Å². The Morgan fingerprint density at radius 2 is 1.65 bits per heavy atom. The van der Waals surface area contributed by atoms with Crippen LogP contribution in [0.15, 0.2) is 48.5 Å². The Kier molecular flexibility index (Phi) is 4.35. The third kappa shape index (κ3) is 3.28. The van der Waals surface area contributed by atoms with Crippen molar-refractivity contribution >= 4 is 11.9 Å². The quantitative estimate of drug-likeness (QED) is 0.770. The molecule has 7 heteroatoms. The molecule has 1 amide bonds. The van der Waals surface area contributed by atoms with Crippen LogP contribution in [0.2, 0.25) is 0 Å². The second-order valence-corrected chi connectivity index (χ2v) is 6.45. The van der Waals surface area contributed by atoms with E-state index in [1.165, 1.54) is 11.1 Å². The molecule has 1 aromatic heterocycles. The zero-order chi connectivity index (χ0) is 17.9. The van der Waals surface area contributed by atoms with Gasteiger partial charge in [0.15, 0.2) is 0 Å². The lowest BCUT2D eigenvalue weighted by Gasteiger charge is -2.20. The van der Waals surface area contributed by atoms with Crippen molar-refractivity contribution < 1.29 is 4.79 Å². The second-order valence-electron chi connectivity index (χ2n) is 6.45. The molecule has 0 aliphatic carbocycles. The van der Waals surface area contributed by atoms with Crippen molar-refractivity contribution in [3.8, 4) is 0 Å². The molecule has 4 rings (SSSR count). The highest BCUT2D eigenvalue weighted by Crippen LogP contribution is 2.19. The molecule has 132 valence electrons. The fourth-order valence-electron chi connectivity index (χ4n) is 3.34. The molecule has 1 aliphatic rings. The average Bonchev–Trinajstić information content (AvgIpc) is 3.00. The predicted octanol–water partition coefficient (Wildman–Crippen LogP) is 1.43. The van der Waals surface area contributed by atoms with E-state index in [4.69, 9.17) is 5.73 Å². The summed E-state index contributed by atoms with van der Waals surface area (Å²) in [4.78, 5) is 13.4. The normalized spacial score (nSPS) is 13.9.